The van der Waals surface area contributed by atoms with E-state index in [1.54, 1.807) is 23.1 Å². The number of hydrogen-bond acceptors (Lipinski definition) is 7. The second-order valence-corrected chi connectivity index (χ2v) is 15.1. The van der Waals surface area contributed by atoms with Gasteiger partial charge in [-0.2, -0.15) is 4.31 Å². The molecule has 0 saturated heterocycles. The third kappa shape index (κ3) is 6.80. The van der Waals surface area contributed by atoms with Crippen LogP contribution in [0, 0.1) is 0 Å². The number of rotatable bonds is 12. The van der Waals surface area contributed by atoms with Crippen molar-refractivity contribution in [1.29, 1.82) is 0 Å². The van der Waals surface area contributed by atoms with Gasteiger partial charge >= 0.3 is 5.97 Å². The van der Waals surface area contributed by atoms with Crippen LogP contribution in [0.25, 0.3) is 0 Å². The van der Waals surface area contributed by atoms with E-state index >= 15 is 0 Å². The summed E-state index contributed by atoms with van der Waals surface area (Å²) in [6.07, 6.45) is 7.57. The van der Waals surface area contributed by atoms with Gasteiger partial charge in [0.2, 0.25) is 10.0 Å². The molecule has 2 aromatic rings. The lowest BCUT2D eigenvalue weighted by molar-refractivity contribution is -0.142. The smallest absolute Gasteiger partial charge is 0.321 e. The molecule has 6 nitrogen and oxygen atoms in total. The monoisotopic (exact) mass is 592 g/mol. The zero-order valence-electron chi connectivity index (χ0n) is 24.5. The predicted octanol–water partition coefficient (Wildman–Crippen LogP) is 7.48. The highest BCUT2D eigenvalue weighted by atomic mass is 32.2. The summed E-state index contributed by atoms with van der Waals surface area (Å²) in [6, 6.07) is 14.0. The molecule has 1 heterocycles. The molecule has 0 unspecified atom stereocenters. The number of para-hydroxylation sites is 1. The molecule has 0 atom stereocenters. The van der Waals surface area contributed by atoms with Crippen LogP contribution in [-0.4, -0.2) is 55.9 Å². The molecule has 0 amide bonds. The number of methoxy groups -OCH3 is 1. The van der Waals surface area contributed by atoms with Crippen LogP contribution >= 0.6 is 23.5 Å². The number of carbonyl (C=O) groups excluding carboxylic acids is 1. The number of hydrogen-bond donors (Lipinski definition) is 0. The summed E-state index contributed by atoms with van der Waals surface area (Å²) in [7, 11) is -0.640. The molecular formula is C30H44N2O4S3. The first-order valence-electron chi connectivity index (χ1n) is 13.7. The standard InChI is InChI=1S/C30H44N2O4S3/c1-8-10-17-30(18-11-9-2)22-32(24-15-13-12-14-16-24)25-20-26(37-7)23(19-27(25)39(34,35)31(30)5)21-38-29(3,4)28(33)36-6/h12-16,19-20H,8-11,17-18,21-22H2,1-7H3. The van der Waals surface area contributed by atoms with E-state index in [0.29, 0.717) is 22.9 Å². The fourth-order valence-corrected chi connectivity index (χ4v) is 8.64. The largest absolute Gasteiger partial charge is 0.468 e. The van der Waals surface area contributed by atoms with Crippen molar-refractivity contribution in [1.82, 2.24) is 4.31 Å². The Balaban J connectivity index is 2.24. The molecule has 0 aliphatic carbocycles. The Hall–Kier alpha value is -1.68. The van der Waals surface area contributed by atoms with Crippen molar-refractivity contribution in [3.05, 3.63) is 48.0 Å². The van der Waals surface area contributed by atoms with Crippen LogP contribution in [0.1, 0.15) is 71.8 Å². The first kappa shape index (κ1) is 31.8. The number of anilines is 2. The Kier molecular flexibility index (Phi) is 10.9. The average molecular weight is 593 g/mol. The highest BCUT2D eigenvalue weighted by Gasteiger charge is 2.46. The zero-order chi connectivity index (χ0) is 28.8. The molecular weight excluding hydrogens is 549 g/mol. The summed E-state index contributed by atoms with van der Waals surface area (Å²) in [5.41, 5.74) is 2.08. The van der Waals surface area contributed by atoms with Gasteiger partial charge in [-0.25, -0.2) is 8.42 Å². The van der Waals surface area contributed by atoms with Gasteiger partial charge in [-0.15, -0.1) is 23.5 Å². The number of ether oxygens (including phenoxy) is 1. The second-order valence-electron chi connectivity index (χ2n) is 10.7. The zero-order valence-corrected chi connectivity index (χ0v) is 26.9. The molecule has 0 N–H and O–H groups in total. The number of nitrogens with zero attached hydrogens (tertiary/aromatic N) is 2. The van der Waals surface area contributed by atoms with E-state index in [9.17, 15) is 13.2 Å². The van der Waals surface area contributed by atoms with Crippen LogP contribution in [0.15, 0.2) is 52.3 Å². The highest BCUT2D eigenvalue weighted by molar-refractivity contribution is 8.00. The number of esters is 1. The topological polar surface area (TPSA) is 66.9 Å². The Morgan fingerprint density at radius 3 is 2.23 bits per heavy atom. The normalized spacial score (nSPS) is 16.9. The summed E-state index contributed by atoms with van der Waals surface area (Å²) in [4.78, 5) is 15.9. The van der Waals surface area contributed by atoms with Crippen molar-refractivity contribution in [3.63, 3.8) is 0 Å². The first-order chi connectivity index (χ1) is 18.5. The molecule has 3 rings (SSSR count). The summed E-state index contributed by atoms with van der Waals surface area (Å²) in [6.45, 7) is 8.59. The summed E-state index contributed by atoms with van der Waals surface area (Å²) < 4.78 is 34.8. The van der Waals surface area contributed by atoms with Crippen molar-refractivity contribution in [2.24, 2.45) is 0 Å². The summed E-state index contributed by atoms with van der Waals surface area (Å²) in [5, 5.41) is 0. The molecule has 0 fully saturated rings. The van der Waals surface area contributed by atoms with Crippen molar-refractivity contribution < 1.29 is 17.9 Å². The van der Waals surface area contributed by atoms with Gasteiger partial charge in [-0.05, 0) is 62.8 Å². The Morgan fingerprint density at radius 1 is 1.08 bits per heavy atom. The number of carbonyl (C=O) groups is 1. The quantitative estimate of drug-likeness (QED) is 0.187. The number of thioether (sulfide) groups is 2. The molecule has 2 aromatic carbocycles. The van der Waals surface area contributed by atoms with Gasteiger partial charge < -0.3 is 9.64 Å². The van der Waals surface area contributed by atoms with Gasteiger partial charge in [0.05, 0.1) is 18.3 Å². The van der Waals surface area contributed by atoms with Crippen LogP contribution in [0.3, 0.4) is 0 Å². The number of sulfonamides is 1. The van der Waals surface area contributed by atoms with Gasteiger partial charge in [-0.1, -0.05) is 57.7 Å². The molecule has 39 heavy (non-hydrogen) atoms. The fourth-order valence-electron chi connectivity index (χ4n) is 5.20. The first-order valence-corrected chi connectivity index (χ1v) is 17.4. The third-order valence-electron chi connectivity index (χ3n) is 7.74. The molecule has 216 valence electrons. The van der Waals surface area contributed by atoms with Crippen LogP contribution in [0.4, 0.5) is 11.4 Å². The van der Waals surface area contributed by atoms with E-state index in [0.717, 1.165) is 54.7 Å². The van der Waals surface area contributed by atoms with Crippen LogP contribution in [0.2, 0.25) is 0 Å². The minimum absolute atomic E-state index is 0.299. The molecule has 0 radical (unpaired) electrons. The number of benzene rings is 2. The molecule has 0 spiro atoms. The average Bonchev–Trinajstić information content (AvgIpc) is 3.01. The van der Waals surface area contributed by atoms with E-state index in [1.807, 2.05) is 50.4 Å². The lowest BCUT2D eigenvalue weighted by atomic mass is 9.86. The van der Waals surface area contributed by atoms with Gasteiger partial charge in [0.25, 0.3) is 0 Å². The molecule has 1 aliphatic rings. The predicted molar refractivity (Wildman–Crippen MR) is 166 cm³/mol. The number of unbranched alkanes of at least 4 members (excludes halogenated alkanes) is 2. The van der Waals surface area contributed by atoms with Crippen molar-refractivity contribution in [2.45, 2.75) is 92.0 Å². The maximum Gasteiger partial charge on any atom is 0.321 e. The minimum Gasteiger partial charge on any atom is -0.468 e. The maximum atomic E-state index is 14.5. The maximum absolute atomic E-state index is 14.5. The van der Waals surface area contributed by atoms with Crippen molar-refractivity contribution >= 4 is 50.9 Å². The van der Waals surface area contributed by atoms with Gasteiger partial charge in [0.1, 0.15) is 9.64 Å². The van der Waals surface area contributed by atoms with Gasteiger partial charge in [-0.3, -0.25) is 4.79 Å². The van der Waals surface area contributed by atoms with E-state index in [-0.39, 0.29) is 5.97 Å². The lowest BCUT2D eigenvalue weighted by Gasteiger charge is -2.42. The molecule has 1 aliphatic heterocycles. The van der Waals surface area contributed by atoms with Gasteiger partial charge in [0.15, 0.2) is 0 Å². The summed E-state index contributed by atoms with van der Waals surface area (Å²) in [5.74, 6) is 0.194. The number of likely N-dealkylation sites (N-methyl/N-ethyl adjacent to an activating group) is 1. The highest BCUT2D eigenvalue weighted by Crippen LogP contribution is 2.46. The molecule has 0 saturated carbocycles. The van der Waals surface area contributed by atoms with Crippen LogP contribution in [0.5, 0.6) is 0 Å². The Labute approximate surface area is 244 Å². The molecule has 9 heteroatoms. The molecule has 0 bridgehead atoms. The minimum atomic E-state index is -3.81. The molecule has 0 aromatic heterocycles. The van der Waals surface area contributed by atoms with E-state index in [1.165, 1.54) is 18.9 Å². The SMILES string of the molecule is CCCCC1(CCCC)CN(c2ccccc2)c2cc(SC)c(CSC(C)(C)C(=O)OC)cc2S(=O)(=O)N1C. The lowest BCUT2D eigenvalue weighted by Crippen LogP contribution is -2.53. The second kappa shape index (κ2) is 13.3. The van der Waals surface area contributed by atoms with Gasteiger partial charge in [0, 0.05) is 29.9 Å². The third-order valence-corrected chi connectivity index (χ3v) is 11.9. The summed E-state index contributed by atoms with van der Waals surface area (Å²) >= 11 is 3.06. The Morgan fingerprint density at radius 2 is 1.69 bits per heavy atom. The van der Waals surface area contributed by atoms with E-state index in [4.69, 9.17) is 4.74 Å². The van der Waals surface area contributed by atoms with Crippen LogP contribution < -0.4 is 4.90 Å². The van der Waals surface area contributed by atoms with Crippen molar-refractivity contribution in [2.75, 3.05) is 31.9 Å². The number of fused-ring (bicyclic) bond motifs is 1. The van der Waals surface area contributed by atoms with E-state index < -0.39 is 20.3 Å². The van der Waals surface area contributed by atoms with E-state index in [2.05, 4.69) is 30.9 Å². The van der Waals surface area contributed by atoms with Crippen molar-refractivity contribution in [3.8, 4) is 0 Å². The fraction of sp³-hybridized carbons (Fsp3) is 0.567. The Bertz CT molecular complexity index is 1220. The van der Waals surface area contributed by atoms with Crippen LogP contribution in [-0.2, 0) is 25.3 Å².